The number of aliphatic hydroxyl groups excluding tert-OH is 1. The van der Waals surface area contributed by atoms with Crippen molar-refractivity contribution in [3.05, 3.63) is 17.8 Å². The van der Waals surface area contributed by atoms with E-state index in [9.17, 15) is 4.79 Å². The summed E-state index contributed by atoms with van der Waals surface area (Å²) in [7, 11) is 1.54. The first kappa shape index (κ1) is 11.9. The molecule has 0 bridgehead atoms. The second-order valence-corrected chi connectivity index (χ2v) is 4.24. The van der Waals surface area contributed by atoms with Gasteiger partial charge >= 0.3 is 0 Å². The van der Waals surface area contributed by atoms with Crippen molar-refractivity contribution in [1.82, 2.24) is 4.98 Å². The van der Waals surface area contributed by atoms with E-state index < -0.39 is 0 Å². The van der Waals surface area contributed by atoms with Gasteiger partial charge < -0.3 is 14.7 Å². The molecule has 5 heteroatoms. The normalized spacial score (nSPS) is 19.8. The van der Waals surface area contributed by atoms with Crippen LogP contribution in [0.1, 0.15) is 12.0 Å². The second kappa shape index (κ2) is 4.71. The number of carbonyl (C=O) groups is 1. The summed E-state index contributed by atoms with van der Waals surface area (Å²) in [6, 6.07) is 1.84. The van der Waals surface area contributed by atoms with Gasteiger partial charge in [0, 0.05) is 31.7 Å². The maximum atomic E-state index is 11.9. The van der Waals surface area contributed by atoms with Gasteiger partial charge in [-0.3, -0.25) is 4.79 Å². The van der Waals surface area contributed by atoms with Crippen molar-refractivity contribution in [1.29, 1.82) is 0 Å². The summed E-state index contributed by atoms with van der Waals surface area (Å²) < 4.78 is 5.19. The molecule has 2 heterocycles. The summed E-state index contributed by atoms with van der Waals surface area (Å²) in [6.45, 7) is 2.47. The molecule has 1 amide bonds. The van der Waals surface area contributed by atoms with Gasteiger partial charge in [0.15, 0.2) is 0 Å². The fourth-order valence-corrected chi connectivity index (χ4v) is 2.12. The van der Waals surface area contributed by atoms with E-state index in [0.29, 0.717) is 18.8 Å². The molecule has 0 saturated carbocycles. The molecule has 0 aliphatic carbocycles. The molecule has 1 atom stereocenters. The Balaban J connectivity index is 2.37. The highest BCUT2D eigenvalue weighted by atomic mass is 16.5. The van der Waals surface area contributed by atoms with Gasteiger partial charge in [0.2, 0.25) is 11.8 Å². The van der Waals surface area contributed by atoms with Crippen LogP contribution in [0.2, 0.25) is 0 Å². The molecular formula is C12H16N2O3. The van der Waals surface area contributed by atoms with Crippen molar-refractivity contribution in [2.24, 2.45) is 5.92 Å². The van der Waals surface area contributed by atoms with Gasteiger partial charge in [0.05, 0.1) is 7.11 Å². The number of amides is 1. The predicted molar refractivity (Wildman–Crippen MR) is 63.1 cm³/mol. The Bertz CT molecular complexity index is 434. The minimum Gasteiger partial charge on any atom is -0.480 e. The lowest BCUT2D eigenvalue weighted by molar-refractivity contribution is -0.117. The fraction of sp³-hybridized carbons (Fsp3) is 0.500. The number of aromatic nitrogens is 1. The van der Waals surface area contributed by atoms with Crippen LogP contribution < -0.4 is 9.64 Å². The third-order valence-corrected chi connectivity index (χ3v) is 3.02. The molecule has 2 rings (SSSR count). The number of pyridine rings is 1. The topological polar surface area (TPSA) is 62.7 Å². The number of ether oxygens (including phenoxy) is 1. The maximum absolute atomic E-state index is 11.9. The molecule has 1 aliphatic heterocycles. The lowest BCUT2D eigenvalue weighted by Gasteiger charge is -2.20. The van der Waals surface area contributed by atoms with E-state index in [-0.39, 0.29) is 18.4 Å². The zero-order valence-electron chi connectivity index (χ0n) is 10.0. The molecule has 1 aliphatic rings. The first-order valence-electron chi connectivity index (χ1n) is 5.58. The highest BCUT2D eigenvalue weighted by Crippen LogP contribution is 2.33. The van der Waals surface area contributed by atoms with Crippen molar-refractivity contribution in [2.75, 3.05) is 25.2 Å². The third-order valence-electron chi connectivity index (χ3n) is 3.02. The van der Waals surface area contributed by atoms with Crippen molar-refractivity contribution in [3.63, 3.8) is 0 Å². The number of methoxy groups -OCH3 is 1. The van der Waals surface area contributed by atoms with Crippen molar-refractivity contribution in [2.45, 2.75) is 13.3 Å². The molecule has 1 aromatic heterocycles. The first-order chi connectivity index (χ1) is 8.17. The van der Waals surface area contributed by atoms with Crippen LogP contribution in [0, 0.1) is 12.8 Å². The Labute approximate surface area is 100 Å². The standard InChI is InChI=1S/C12H16N2O3/c1-8-3-4-13-12(17-2)11(8)14-6-9(7-15)5-10(14)16/h3-4,9,15H,5-7H2,1-2H3. The molecule has 1 fully saturated rings. The highest BCUT2D eigenvalue weighted by Gasteiger charge is 2.32. The first-order valence-corrected chi connectivity index (χ1v) is 5.58. The number of aryl methyl sites for hydroxylation is 1. The predicted octanol–water partition coefficient (Wildman–Crippen LogP) is 0.744. The van der Waals surface area contributed by atoms with E-state index in [1.54, 1.807) is 11.1 Å². The number of aliphatic hydroxyl groups is 1. The van der Waals surface area contributed by atoms with Crippen LogP contribution >= 0.6 is 0 Å². The van der Waals surface area contributed by atoms with E-state index in [1.165, 1.54) is 7.11 Å². The van der Waals surface area contributed by atoms with Crippen LogP contribution in [-0.4, -0.2) is 36.3 Å². The summed E-state index contributed by atoms with van der Waals surface area (Å²) >= 11 is 0. The van der Waals surface area contributed by atoms with Gasteiger partial charge in [-0.05, 0) is 18.6 Å². The van der Waals surface area contributed by atoms with E-state index in [4.69, 9.17) is 9.84 Å². The quantitative estimate of drug-likeness (QED) is 0.841. The van der Waals surface area contributed by atoms with E-state index in [0.717, 1.165) is 11.3 Å². The van der Waals surface area contributed by atoms with E-state index in [1.807, 2.05) is 13.0 Å². The smallest absolute Gasteiger partial charge is 0.237 e. The monoisotopic (exact) mass is 236 g/mol. The highest BCUT2D eigenvalue weighted by molar-refractivity contribution is 5.97. The third kappa shape index (κ3) is 2.10. The zero-order valence-corrected chi connectivity index (χ0v) is 10.0. The number of anilines is 1. The molecule has 5 nitrogen and oxygen atoms in total. The Morgan fingerprint density at radius 2 is 2.41 bits per heavy atom. The van der Waals surface area contributed by atoms with Gasteiger partial charge in [-0.25, -0.2) is 4.98 Å². The van der Waals surface area contributed by atoms with Crippen molar-refractivity contribution >= 4 is 11.6 Å². The Hall–Kier alpha value is -1.62. The molecule has 1 aromatic rings. The average molecular weight is 236 g/mol. The summed E-state index contributed by atoms with van der Waals surface area (Å²) in [4.78, 5) is 17.7. The molecule has 1 unspecified atom stereocenters. The molecule has 1 saturated heterocycles. The molecule has 0 aromatic carbocycles. The molecular weight excluding hydrogens is 220 g/mol. The summed E-state index contributed by atoms with van der Waals surface area (Å²) in [6.07, 6.45) is 2.04. The van der Waals surface area contributed by atoms with Crippen LogP contribution in [0.15, 0.2) is 12.3 Å². The summed E-state index contributed by atoms with van der Waals surface area (Å²) in [5.74, 6) is 0.474. The molecule has 1 N–H and O–H groups in total. The van der Waals surface area contributed by atoms with Crippen LogP contribution in [0.25, 0.3) is 0 Å². The fourth-order valence-electron chi connectivity index (χ4n) is 2.12. The summed E-state index contributed by atoms with van der Waals surface area (Å²) in [5.41, 5.74) is 1.67. The van der Waals surface area contributed by atoms with E-state index >= 15 is 0 Å². The van der Waals surface area contributed by atoms with E-state index in [2.05, 4.69) is 4.98 Å². The Kier molecular flexibility index (Phi) is 3.28. The van der Waals surface area contributed by atoms with Crippen molar-refractivity contribution < 1.29 is 14.6 Å². The Morgan fingerprint density at radius 3 is 3.00 bits per heavy atom. The lowest BCUT2D eigenvalue weighted by Crippen LogP contribution is -2.26. The van der Waals surface area contributed by atoms with Crippen LogP contribution in [0.3, 0.4) is 0 Å². The minimum atomic E-state index is 0.00631. The largest absolute Gasteiger partial charge is 0.480 e. The number of nitrogens with zero attached hydrogens (tertiary/aromatic N) is 2. The molecule has 0 spiro atoms. The van der Waals surface area contributed by atoms with Gasteiger partial charge in [0.1, 0.15) is 5.69 Å². The van der Waals surface area contributed by atoms with Crippen LogP contribution in [-0.2, 0) is 4.79 Å². The minimum absolute atomic E-state index is 0.00631. The molecule has 0 radical (unpaired) electrons. The van der Waals surface area contributed by atoms with Crippen LogP contribution in [0.4, 0.5) is 5.69 Å². The van der Waals surface area contributed by atoms with Gasteiger partial charge in [-0.1, -0.05) is 0 Å². The lowest BCUT2D eigenvalue weighted by atomic mass is 10.1. The zero-order chi connectivity index (χ0) is 12.4. The molecule has 17 heavy (non-hydrogen) atoms. The number of hydrogen-bond donors (Lipinski definition) is 1. The average Bonchev–Trinajstić information content (AvgIpc) is 2.70. The molecule has 92 valence electrons. The maximum Gasteiger partial charge on any atom is 0.237 e. The van der Waals surface area contributed by atoms with Crippen LogP contribution in [0.5, 0.6) is 5.88 Å². The van der Waals surface area contributed by atoms with Gasteiger partial charge in [0.25, 0.3) is 0 Å². The second-order valence-electron chi connectivity index (χ2n) is 4.24. The summed E-state index contributed by atoms with van der Waals surface area (Å²) in [5, 5.41) is 9.12. The number of hydrogen-bond acceptors (Lipinski definition) is 4. The number of rotatable bonds is 3. The van der Waals surface area contributed by atoms with Crippen molar-refractivity contribution in [3.8, 4) is 5.88 Å². The van der Waals surface area contributed by atoms with Gasteiger partial charge in [-0.15, -0.1) is 0 Å². The van der Waals surface area contributed by atoms with Gasteiger partial charge in [-0.2, -0.15) is 0 Å². The Morgan fingerprint density at radius 1 is 1.65 bits per heavy atom. The SMILES string of the molecule is COc1nccc(C)c1N1CC(CO)CC1=O. The number of carbonyl (C=O) groups excluding carboxylic acids is 1.